The van der Waals surface area contributed by atoms with Crippen LogP contribution in [-0.4, -0.2) is 67.8 Å². The first kappa shape index (κ1) is 16.1. The van der Waals surface area contributed by atoms with Gasteiger partial charge >= 0.3 is 0 Å². The summed E-state index contributed by atoms with van der Waals surface area (Å²) in [5.74, 6) is 0. The first-order chi connectivity index (χ1) is 11.0. The Bertz CT molecular complexity index is 644. The van der Waals surface area contributed by atoms with E-state index in [-0.39, 0.29) is 0 Å². The Labute approximate surface area is 137 Å². The van der Waals surface area contributed by atoms with Gasteiger partial charge in [-0.2, -0.15) is 5.10 Å². The fraction of sp³-hybridized carbons (Fsp3) is 0.688. The number of aromatic nitrogens is 5. The van der Waals surface area contributed by atoms with E-state index in [4.69, 9.17) is 0 Å². The van der Waals surface area contributed by atoms with E-state index in [1.54, 1.807) is 6.20 Å². The Balaban J connectivity index is 1.79. The van der Waals surface area contributed by atoms with Crippen LogP contribution < -0.4 is 0 Å². The van der Waals surface area contributed by atoms with Crippen LogP contribution in [0.1, 0.15) is 29.9 Å². The van der Waals surface area contributed by atoms with E-state index in [9.17, 15) is 0 Å². The van der Waals surface area contributed by atoms with E-state index in [0.29, 0.717) is 12.1 Å². The van der Waals surface area contributed by atoms with Gasteiger partial charge in [-0.25, -0.2) is 4.68 Å². The van der Waals surface area contributed by atoms with Crippen LogP contribution in [0.2, 0.25) is 0 Å². The Morgan fingerprint density at radius 3 is 2.61 bits per heavy atom. The zero-order valence-electron chi connectivity index (χ0n) is 14.8. The predicted molar refractivity (Wildman–Crippen MR) is 89.2 cm³/mol. The van der Waals surface area contributed by atoms with Crippen LogP contribution in [0.15, 0.2) is 12.4 Å². The lowest BCUT2D eigenvalue weighted by atomic mass is 10.1. The quantitative estimate of drug-likeness (QED) is 0.826. The summed E-state index contributed by atoms with van der Waals surface area (Å²) in [7, 11) is 4.29. The summed E-state index contributed by atoms with van der Waals surface area (Å²) in [6, 6.07) is 0.785. The number of hydrogen-bond donors (Lipinski definition) is 0. The molecule has 3 heterocycles. The summed E-state index contributed by atoms with van der Waals surface area (Å²) < 4.78 is 4.10. The second kappa shape index (κ2) is 6.41. The van der Waals surface area contributed by atoms with Crippen molar-refractivity contribution in [2.45, 2.75) is 45.9 Å². The Kier molecular flexibility index (Phi) is 4.50. The highest BCUT2D eigenvalue weighted by Crippen LogP contribution is 2.27. The number of nitrogens with zero attached hydrogens (tertiary/aromatic N) is 7. The van der Waals surface area contributed by atoms with Gasteiger partial charge in [-0.15, -0.1) is 5.10 Å². The Morgan fingerprint density at radius 2 is 2.04 bits per heavy atom. The summed E-state index contributed by atoms with van der Waals surface area (Å²) in [5.41, 5.74) is 3.80. The van der Waals surface area contributed by atoms with Crippen molar-refractivity contribution in [3.05, 3.63) is 29.3 Å². The number of rotatable bonds is 5. The number of aryl methyl sites for hydroxylation is 2. The van der Waals surface area contributed by atoms with Crippen molar-refractivity contribution >= 4 is 0 Å². The molecule has 0 N–H and O–H groups in total. The molecular weight excluding hydrogens is 290 g/mol. The van der Waals surface area contributed by atoms with E-state index >= 15 is 0 Å². The van der Waals surface area contributed by atoms with E-state index in [1.165, 1.54) is 11.3 Å². The highest BCUT2D eigenvalue weighted by molar-refractivity contribution is 5.24. The normalized spacial score (nSPS) is 22.3. The van der Waals surface area contributed by atoms with Crippen molar-refractivity contribution in [2.24, 2.45) is 0 Å². The SMILES string of the molecule is CCn1nc(C)c(CN2C[C@@H](N(C)C)[C@@H](n3ccnn3)C2)c1C. The molecule has 0 aromatic carbocycles. The van der Waals surface area contributed by atoms with E-state index in [2.05, 4.69) is 64.8 Å². The van der Waals surface area contributed by atoms with Gasteiger partial charge in [0.2, 0.25) is 0 Å². The summed E-state index contributed by atoms with van der Waals surface area (Å²) in [5, 5.41) is 12.8. The van der Waals surface area contributed by atoms with Gasteiger partial charge in [-0.3, -0.25) is 9.58 Å². The van der Waals surface area contributed by atoms with Crippen LogP contribution in [0, 0.1) is 13.8 Å². The van der Waals surface area contributed by atoms with Crippen molar-refractivity contribution in [3.8, 4) is 0 Å². The van der Waals surface area contributed by atoms with Crippen LogP contribution in [0.3, 0.4) is 0 Å². The van der Waals surface area contributed by atoms with E-state index in [1.807, 2.05) is 10.9 Å². The molecule has 0 amide bonds. The lowest BCUT2D eigenvalue weighted by Gasteiger charge is -2.24. The molecule has 2 aromatic rings. The van der Waals surface area contributed by atoms with Crippen LogP contribution >= 0.6 is 0 Å². The summed E-state index contributed by atoms with van der Waals surface area (Å²) in [6.45, 7) is 10.3. The average Bonchev–Trinajstić information content (AvgIpc) is 3.21. The molecule has 0 bridgehead atoms. The molecule has 0 unspecified atom stereocenters. The van der Waals surface area contributed by atoms with E-state index < -0.39 is 0 Å². The minimum Gasteiger partial charge on any atom is -0.303 e. The third-order valence-corrected chi connectivity index (χ3v) is 4.99. The third kappa shape index (κ3) is 3.03. The van der Waals surface area contributed by atoms with Crippen molar-refractivity contribution in [1.82, 2.24) is 34.6 Å². The van der Waals surface area contributed by atoms with Gasteiger partial charge in [0.1, 0.15) is 0 Å². The van der Waals surface area contributed by atoms with Crippen LogP contribution in [-0.2, 0) is 13.1 Å². The standard InChI is InChI=1S/C16H27N7/c1-6-22-13(3)14(12(2)18-22)9-21-10-15(20(4)5)16(11-21)23-8-7-17-19-23/h7-8,15-16H,6,9-11H2,1-5H3/t15-,16+/m1/s1. The maximum Gasteiger partial charge on any atom is 0.0831 e. The molecule has 2 aromatic heterocycles. The molecule has 0 spiro atoms. The maximum atomic E-state index is 4.65. The predicted octanol–water partition coefficient (Wildman–Crippen LogP) is 1.10. The number of likely N-dealkylation sites (tertiary alicyclic amines) is 1. The van der Waals surface area contributed by atoms with Crippen molar-refractivity contribution in [1.29, 1.82) is 0 Å². The maximum absolute atomic E-state index is 4.65. The van der Waals surface area contributed by atoms with Crippen molar-refractivity contribution < 1.29 is 0 Å². The molecule has 0 saturated carbocycles. The van der Waals surface area contributed by atoms with Gasteiger partial charge in [0, 0.05) is 49.7 Å². The lowest BCUT2D eigenvalue weighted by Crippen LogP contribution is -2.36. The largest absolute Gasteiger partial charge is 0.303 e. The average molecular weight is 317 g/mol. The molecule has 126 valence electrons. The van der Waals surface area contributed by atoms with Gasteiger partial charge in [0.15, 0.2) is 0 Å². The van der Waals surface area contributed by atoms with Crippen LogP contribution in [0.4, 0.5) is 0 Å². The lowest BCUT2D eigenvalue weighted by molar-refractivity contribution is 0.237. The molecule has 2 atom stereocenters. The first-order valence-electron chi connectivity index (χ1n) is 8.28. The van der Waals surface area contributed by atoms with Crippen molar-refractivity contribution in [3.63, 3.8) is 0 Å². The molecule has 1 saturated heterocycles. The Hall–Kier alpha value is -1.73. The smallest absolute Gasteiger partial charge is 0.0831 e. The molecule has 7 heteroatoms. The molecule has 0 aliphatic carbocycles. The summed E-state index contributed by atoms with van der Waals surface area (Å²) >= 11 is 0. The van der Waals surface area contributed by atoms with Gasteiger partial charge in [-0.1, -0.05) is 5.21 Å². The number of hydrogen-bond acceptors (Lipinski definition) is 5. The fourth-order valence-corrected chi connectivity index (χ4v) is 3.63. The third-order valence-electron chi connectivity index (χ3n) is 4.99. The molecule has 0 radical (unpaired) electrons. The minimum atomic E-state index is 0.342. The molecular formula is C16H27N7. The van der Waals surface area contributed by atoms with Crippen LogP contribution in [0.25, 0.3) is 0 Å². The second-order valence-electron chi connectivity index (χ2n) is 6.64. The monoisotopic (exact) mass is 317 g/mol. The highest BCUT2D eigenvalue weighted by atomic mass is 15.5. The zero-order valence-corrected chi connectivity index (χ0v) is 14.8. The molecule has 1 fully saturated rings. The molecule has 1 aliphatic heterocycles. The van der Waals surface area contributed by atoms with E-state index in [0.717, 1.165) is 31.9 Å². The second-order valence-corrected chi connectivity index (χ2v) is 6.64. The fourth-order valence-electron chi connectivity index (χ4n) is 3.63. The first-order valence-corrected chi connectivity index (χ1v) is 8.28. The highest BCUT2D eigenvalue weighted by Gasteiger charge is 2.36. The molecule has 23 heavy (non-hydrogen) atoms. The molecule has 1 aliphatic rings. The molecule has 3 rings (SSSR count). The van der Waals surface area contributed by atoms with Gasteiger partial charge < -0.3 is 4.90 Å². The minimum absolute atomic E-state index is 0.342. The summed E-state index contributed by atoms with van der Waals surface area (Å²) in [6.07, 6.45) is 3.73. The Morgan fingerprint density at radius 1 is 1.26 bits per heavy atom. The van der Waals surface area contributed by atoms with Gasteiger partial charge in [-0.05, 0) is 34.9 Å². The summed E-state index contributed by atoms with van der Waals surface area (Å²) in [4.78, 5) is 4.80. The van der Waals surface area contributed by atoms with Crippen LogP contribution in [0.5, 0.6) is 0 Å². The van der Waals surface area contributed by atoms with Gasteiger partial charge in [0.05, 0.1) is 17.9 Å². The topological polar surface area (TPSA) is 55.0 Å². The molecule has 7 nitrogen and oxygen atoms in total. The van der Waals surface area contributed by atoms with Gasteiger partial charge in [0.25, 0.3) is 0 Å². The zero-order chi connectivity index (χ0) is 16.6. The van der Waals surface area contributed by atoms with Crippen molar-refractivity contribution in [2.75, 3.05) is 27.2 Å². The number of likely N-dealkylation sites (N-methyl/N-ethyl adjacent to an activating group) is 1.